The molecule has 7 nitrogen and oxygen atoms in total. The molecule has 0 aliphatic heterocycles. The van der Waals surface area contributed by atoms with Gasteiger partial charge in [0.15, 0.2) is 5.16 Å². The minimum Gasteiger partial charge on any atom is -0.467 e. The van der Waals surface area contributed by atoms with Crippen LogP contribution in [0.5, 0.6) is 0 Å². The second-order valence-electron chi connectivity index (χ2n) is 5.04. The van der Waals surface area contributed by atoms with E-state index in [0.717, 1.165) is 16.2 Å². The number of fused-ring (bicyclic) bond motifs is 1. The van der Waals surface area contributed by atoms with E-state index in [9.17, 15) is 9.59 Å². The quantitative estimate of drug-likeness (QED) is 0.693. The van der Waals surface area contributed by atoms with Gasteiger partial charge >= 0.3 is 6.03 Å². The van der Waals surface area contributed by atoms with Crippen molar-refractivity contribution in [2.45, 2.75) is 11.7 Å². The molecular formula is C16H16N4O3S. The lowest BCUT2D eigenvalue weighted by Gasteiger charge is -2.05. The van der Waals surface area contributed by atoms with Crippen LogP contribution in [0.25, 0.3) is 11.0 Å². The Morgan fingerprint density at radius 1 is 1.25 bits per heavy atom. The highest BCUT2D eigenvalue weighted by atomic mass is 32.2. The second kappa shape index (κ2) is 7.22. The molecule has 24 heavy (non-hydrogen) atoms. The number of hydrogen-bond donors (Lipinski definition) is 2. The summed E-state index contributed by atoms with van der Waals surface area (Å²) in [5.74, 6) is 0.335. The molecule has 0 bridgehead atoms. The number of carbonyl (C=O) groups excluding carboxylic acids is 2. The summed E-state index contributed by atoms with van der Waals surface area (Å²) in [5.41, 5.74) is 1.87. The van der Waals surface area contributed by atoms with Crippen molar-refractivity contribution < 1.29 is 14.0 Å². The standard InChI is InChI=1S/C16H16N4O3S/c1-20-13-7-3-2-6-12(13)18-16(20)24-10-14(21)19-15(22)17-9-11-5-4-8-23-11/h2-8H,9-10H2,1H3,(H2,17,19,21,22). The third-order valence-electron chi connectivity index (χ3n) is 3.33. The van der Waals surface area contributed by atoms with Gasteiger partial charge in [0, 0.05) is 7.05 Å². The number of amides is 3. The molecule has 0 saturated heterocycles. The Morgan fingerprint density at radius 2 is 2.08 bits per heavy atom. The first kappa shape index (κ1) is 16.1. The van der Waals surface area contributed by atoms with Gasteiger partial charge in [-0.15, -0.1) is 0 Å². The molecule has 0 aliphatic rings. The molecule has 0 spiro atoms. The lowest BCUT2D eigenvalue weighted by atomic mass is 10.3. The number of furan rings is 1. The minimum absolute atomic E-state index is 0.103. The fraction of sp³-hybridized carbons (Fsp3) is 0.188. The molecule has 0 aliphatic carbocycles. The molecule has 3 aromatic rings. The van der Waals surface area contributed by atoms with Gasteiger partial charge < -0.3 is 14.3 Å². The Balaban J connectivity index is 1.49. The Bertz CT molecular complexity index is 857. The number of para-hydroxylation sites is 2. The van der Waals surface area contributed by atoms with Crippen LogP contribution in [0, 0.1) is 0 Å². The zero-order chi connectivity index (χ0) is 16.9. The lowest BCUT2D eigenvalue weighted by Crippen LogP contribution is -2.39. The number of aryl methyl sites for hydroxylation is 1. The summed E-state index contributed by atoms with van der Waals surface area (Å²) in [7, 11) is 1.89. The molecule has 0 radical (unpaired) electrons. The Kier molecular flexibility index (Phi) is 4.85. The summed E-state index contributed by atoms with van der Waals surface area (Å²) >= 11 is 1.28. The maximum atomic E-state index is 11.9. The Morgan fingerprint density at radius 3 is 2.83 bits per heavy atom. The normalized spacial score (nSPS) is 10.7. The summed E-state index contributed by atoms with van der Waals surface area (Å²) in [4.78, 5) is 28.0. The molecule has 0 unspecified atom stereocenters. The molecule has 0 atom stereocenters. The summed E-state index contributed by atoms with van der Waals surface area (Å²) in [5, 5.41) is 5.55. The van der Waals surface area contributed by atoms with Crippen molar-refractivity contribution in [1.29, 1.82) is 0 Å². The first-order valence-corrected chi connectivity index (χ1v) is 8.26. The first-order chi connectivity index (χ1) is 11.6. The fourth-order valence-electron chi connectivity index (χ4n) is 2.17. The van der Waals surface area contributed by atoms with Gasteiger partial charge in [0.25, 0.3) is 0 Å². The third kappa shape index (κ3) is 3.77. The van der Waals surface area contributed by atoms with Gasteiger partial charge in [0.2, 0.25) is 5.91 Å². The van der Waals surface area contributed by atoms with Crippen molar-refractivity contribution in [2.24, 2.45) is 7.05 Å². The number of rotatable bonds is 5. The van der Waals surface area contributed by atoms with E-state index >= 15 is 0 Å². The number of imidazole rings is 1. The summed E-state index contributed by atoms with van der Waals surface area (Å²) in [6, 6.07) is 10.7. The third-order valence-corrected chi connectivity index (χ3v) is 4.36. The van der Waals surface area contributed by atoms with Crippen molar-refractivity contribution in [3.05, 3.63) is 48.4 Å². The number of benzene rings is 1. The SMILES string of the molecule is Cn1c(SCC(=O)NC(=O)NCc2ccco2)nc2ccccc21. The summed E-state index contributed by atoms with van der Waals surface area (Å²) in [6.45, 7) is 0.226. The van der Waals surface area contributed by atoms with Crippen molar-refractivity contribution in [3.63, 3.8) is 0 Å². The zero-order valence-corrected chi connectivity index (χ0v) is 13.8. The predicted molar refractivity (Wildman–Crippen MR) is 90.5 cm³/mol. The number of urea groups is 1. The van der Waals surface area contributed by atoms with Crippen molar-refractivity contribution in [3.8, 4) is 0 Å². The van der Waals surface area contributed by atoms with Crippen molar-refractivity contribution in [2.75, 3.05) is 5.75 Å². The first-order valence-electron chi connectivity index (χ1n) is 7.28. The molecular weight excluding hydrogens is 328 g/mol. The van der Waals surface area contributed by atoms with E-state index in [1.807, 2.05) is 35.9 Å². The minimum atomic E-state index is -0.554. The highest BCUT2D eigenvalue weighted by molar-refractivity contribution is 7.99. The van der Waals surface area contributed by atoms with Crippen molar-refractivity contribution in [1.82, 2.24) is 20.2 Å². The molecule has 0 saturated carbocycles. The number of thioether (sulfide) groups is 1. The molecule has 2 N–H and O–H groups in total. The number of aromatic nitrogens is 2. The van der Waals surface area contributed by atoms with E-state index in [4.69, 9.17) is 4.42 Å². The van der Waals surface area contributed by atoms with E-state index in [1.165, 1.54) is 18.0 Å². The molecule has 124 valence electrons. The van der Waals surface area contributed by atoms with Gasteiger partial charge in [-0.3, -0.25) is 10.1 Å². The van der Waals surface area contributed by atoms with Crippen LogP contribution < -0.4 is 10.6 Å². The van der Waals surface area contributed by atoms with Gasteiger partial charge in [0.05, 0.1) is 29.6 Å². The van der Waals surface area contributed by atoms with Gasteiger partial charge in [-0.25, -0.2) is 9.78 Å². The fourth-order valence-corrected chi connectivity index (χ4v) is 2.96. The van der Waals surface area contributed by atoms with Gasteiger partial charge in [0.1, 0.15) is 5.76 Å². The largest absolute Gasteiger partial charge is 0.467 e. The van der Waals surface area contributed by atoms with E-state index in [-0.39, 0.29) is 18.2 Å². The van der Waals surface area contributed by atoms with Crippen LogP contribution in [-0.2, 0) is 18.4 Å². The highest BCUT2D eigenvalue weighted by Gasteiger charge is 2.12. The zero-order valence-electron chi connectivity index (χ0n) is 13.0. The number of nitrogens with zero attached hydrogens (tertiary/aromatic N) is 2. The molecule has 2 aromatic heterocycles. The number of imide groups is 1. The average molecular weight is 344 g/mol. The lowest BCUT2D eigenvalue weighted by molar-refractivity contribution is -0.117. The van der Waals surface area contributed by atoms with Crippen LogP contribution in [0.1, 0.15) is 5.76 Å². The second-order valence-corrected chi connectivity index (χ2v) is 5.98. The highest BCUT2D eigenvalue weighted by Crippen LogP contribution is 2.22. The molecule has 0 fully saturated rings. The van der Waals surface area contributed by atoms with Crippen LogP contribution in [-0.4, -0.2) is 27.2 Å². The topological polar surface area (TPSA) is 89.2 Å². The van der Waals surface area contributed by atoms with Crippen LogP contribution in [0.15, 0.2) is 52.2 Å². The monoisotopic (exact) mass is 344 g/mol. The molecule has 1 aromatic carbocycles. The van der Waals surface area contributed by atoms with Crippen LogP contribution in [0.3, 0.4) is 0 Å². The smallest absolute Gasteiger partial charge is 0.321 e. The molecule has 8 heteroatoms. The van der Waals surface area contributed by atoms with E-state index in [2.05, 4.69) is 15.6 Å². The van der Waals surface area contributed by atoms with Gasteiger partial charge in [-0.1, -0.05) is 23.9 Å². The van der Waals surface area contributed by atoms with E-state index in [0.29, 0.717) is 5.76 Å². The number of hydrogen-bond acceptors (Lipinski definition) is 5. The maximum Gasteiger partial charge on any atom is 0.321 e. The molecule has 2 heterocycles. The molecule has 3 amide bonds. The average Bonchev–Trinajstić information content (AvgIpc) is 3.20. The Hall–Kier alpha value is -2.74. The summed E-state index contributed by atoms with van der Waals surface area (Å²) in [6.07, 6.45) is 1.52. The van der Waals surface area contributed by atoms with Gasteiger partial charge in [-0.2, -0.15) is 0 Å². The van der Waals surface area contributed by atoms with Crippen molar-refractivity contribution >= 4 is 34.7 Å². The van der Waals surface area contributed by atoms with Crippen LogP contribution in [0.4, 0.5) is 4.79 Å². The van der Waals surface area contributed by atoms with Crippen LogP contribution >= 0.6 is 11.8 Å². The molecule has 3 rings (SSSR count). The predicted octanol–water partition coefficient (Wildman–Crippen LogP) is 2.28. The maximum absolute atomic E-state index is 11.9. The van der Waals surface area contributed by atoms with Gasteiger partial charge in [-0.05, 0) is 24.3 Å². The van der Waals surface area contributed by atoms with E-state index < -0.39 is 6.03 Å². The Labute approximate surface area is 142 Å². The van der Waals surface area contributed by atoms with E-state index in [1.54, 1.807) is 12.1 Å². The number of carbonyl (C=O) groups is 2. The summed E-state index contributed by atoms with van der Waals surface area (Å²) < 4.78 is 7.01. The van der Waals surface area contributed by atoms with Crippen LogP contribution in [0.2, 0.25) is 0 Å². The number of nitrogens with one attached hydrogen (secondary N) is 2.